The first kappa shape index (κ1) is 9.97. The van der Waals surface area contributed by atoms with Gasteiger partial charge in [-0.15, -0.1) is 0 Å². The van der Waals surface area contributed by atoms with Crippen molar-refractivity contribution in [3.8, 4) is 0 Å². The van der Waals surface area contributed by atoms with E-state index in [9.17, 15) is 0 Å². The molecule has 13 heavy (non-hydrogen) atoms. The predicted octanol–water partition coefficient (Wildman–Crippen LogP) is 3.59. The van der Waals surface area contributed by atoms with E-state index in [0.29, 0.717) is 0 Å². The minimum absolute atomic E-state index is 1.13. The predicted molar refractivity (Wildman–Crippen MR) is 57.5 cm³/mol. The molecule has 0 radical (unpaired) electrons. The Balaban J connectivity index is 2.99. The van der Waals surface area contributed by atoms with Gasteiger partial charge >= 0.3 is 0 Å². The summed E-state index contributed by atoms with van der Waals surface area (Å²) >= 11 is 0. The van der Waals surface area contributed by atoms with Gasteiger partial charge in [0, 0.05) is 11.9 Å². The van der Waals surface area contributed by atoms with Gasteiger partial charge in [-0.05, 0) is 37.5 Å². The zero-order valence-electron chi connectivity index (χ0n) is 8.67. The fourth-order valence-corrected chi connectivity index (χ4v) is 1.53. The van der Waals surface area contributed by atoms with E-state index in [1.54, 1.807) is 0 Å². The van der Waals surface area contributed by atoms with Crippen molar-refractivity contribution >= 4 is 5.57 Å². The van der Waals surface area contributed by atoms with Crippen LogP contribution in [0.2, 0.25) is 0 Å². The molecule has 0 N–H and O–H groups in total. The molecule has 1 nitrogen and oxygen atoms in total. The van der Waals surface area contributed by atoms with Gasteiger partial charge < -0.3 is 0 Å². The number of rotatable bonds is 3. The van der Waals surface area contributed by atoms with Crippen molar-refractivity contribution in [3.63, 3.8) is 0 Å². The van der Waals surface area contributed by atoms with Crippen LogP contribution in [-0.2, 0) is 0 Å². The Labute approximate surface area is 80.5 Å². The molecular formula is C12H17N. The number of hydrogen-bond donors (Lipinski definition) is 0. The number of aryl methyl sites for hydroxylation is 1. The molecule has 0 aliphatic rings. The highest BCUT2D eigenvalue weighted by molar-refractivity contribution is 5.66. The molecule has 0 atom stereocenters. The smallest absolute Gasteiger partial charge is 0.0447 e. The maximum atomic E-state index is 4.29. The maximum absolute atomic E-state index is 4.29. The summed E-state index contributed by atoms with van der Waals surface area (Å²) in [5.41, 5.74) is 3.84. The average Bonchev–Trinajstić information content (AvgIpc) is 2.16. The first-order chi connectivity index (χ1) is 6.29. The fourth-order valence-electron chi connectivity index (χ4n) is 1.53. The van der Waals surface area contributed by atoms with E-state index in [1.807, 2.05) is 12.3 Å². The summed E-state index contributed by atoms with van der Waals surface area (Å²) in [5.74, 6) is 0. The molecule has 1 aromatic heterocycles. The Morgan fingerprint density at radius 1 is 1.54 bits per heavy atom. The van der Waals surface area contributed by atoms with Crippen LogP contribution in [0.15, 0.2) is 24.4 Å². The zero-order chi connectivity index (χ0) is 9.68. The fraction of sp³-hybridized carbons (Fsp3) is 0.417. The van der Waals surface area contributed by atoms with Gasteiger partial charge in [-0.3, -0.25) is 4.98 Å². The molecule has 0 aromatic carbocycles. The average molecular weight is 175 g/mol. The monoisotopic (exact) mass is 175 g/mol. The summed E-state index contributed by atoms with van der Waals surface area (Å²) < 4.78 is 0. The maximum Gasteiger partial charge on any atom is 0.0447 e. The van der Waals surface area contributed by atoms with Gasteiger partial charge in [0.05, 0.1) is 0 Å². The van der Waals surface area contributed by atoms with Crippen LogP contribution in [0.4, 0.5) is 0 Å². The normalized spacial score (nSPS) is 11.8. The first-order valence-electron chi connectivity index (χ1n) is 4.86. The lowest BCUT2D eigenvalue weighted by atomic mass is 10.0. The van der Waals surface area contributed by atoms with Crippen molar-refractivity contribution in [3.05, 3.63) is 35.7 Å². The topological polar surface area (TPSA) is 12.9 Å². The summed E-state index contributed by atoms with van der Waals surface area (Å²) in [7, 11) is 0. The van der Waals surface area contributed by atoms with E-state index >= 15 is 0 Å². The minimum atomic E-state index is 1.13. The highest BCUT2D eigenvalue weighted by atomic mass is 14.7. The molecule has 1 aromatic rings. The second-order valence-electron chi connectivity index (χ2n) is 3.20. The molecule has 0 saturated carbocycles. The first-order valence-corrected chi connectivity index (χ1v) is 4.86. The van der Waals surface area contributed by atoms with E-state index < -0.39 is 0 Å². The van der Waals surface area contributed by atoms with E-state index in [0.717, 1.165) is 12.1 Å². The van der Waals surface area contributed by atoms with Crippen LogP contribution in [0.5, 0.6) is 0 Å². The molecule has 1 rings (SSSR count). The number of pyridine rings is 1. The highest BCUT2D eigenvalue weighted by Gasteiger charge is 2.02. The van der Waals surface area contributed by atoms with E-state index in [-0.39, 0.29) is 0 Å². The van der Waals surface area contributed by atoms with Gasteiger partial charge in [-0.25, -0.2) is 0 Å². The number of aromatic nitrogens is 1. The minimum Gasteiger partial charge on any atom is -0.261 e. The number of nitrogens with zero attached hydrogens (tertiary/aromatic N) is 1. The molecule has 0 amide bonds. The van der Waals surface area contributed by atoms with Gasteiger partial charge in [-0.1, -0.05) is 25.5 Å². The van der Waals surface area contributed by atoms with Crippen LogP contribution < -0.4 is 0 Å². The Hall–Kier alpha value is -1.11. The lowest BCUT2D eigenvalue weighted by Crippen LogP contribution is -1.91. The molecule has 0 saturated heterocycles. The van der Waals surface area contributed by atoms with Crippen LogP contribution in [0, 0.1) is 6.92 Å². The van der Waals surface area contributed by atoms with Gasteiger partial charge in [0.1, 0.15) is 0 Å². The van der Waals surface area contributed by atoms with Crippen molar-refractivity contribution in [2.45, 2.75) is 33.6 Å². The second kappa shape index (κ2) is 4.80. The van der Waals surface area contributed by atoms with Crippen molar-refractivity contribution in [1.82, 2.24) is 4.98 Å². The summed E-state index contributed by atoms with van der Waals surface area (Å²) in [6.07, 6.45) is 6.36. The molecular weight excluding hydrogens is 158 g/mol. The molecule has 1 heterocycles. The third-order valence-electron chi connectivity index (χ3n) is 2.22. The summed E-state index contributed by atoms with van der Waals surface area (Å²) in [5, 5.41) is 0. The molecule has 0 aliphatic heterocycles. The van der Waals surface area contributed by atoms with Crippen molar-refractivity contribution in [2.24, 2.45) is 0 Å². The lowest BCUT2D eigenvalue weighted by molar-refractivity contribution is 0.967. The highest BCUT2D eigenvalue weighted by Crippen LogP contribution is 2.21. The van der Waals surface area contributed by atoms with Crippen LogP contribution in [0.1, 0.15) is 37.9 Å². The van der Waals surface area contributed by atoms with Gasteiger partial charge in [-0.2, -0.15) is 0 Å². The molecule has 0 spiro atoms. The number of hydrogen-bond acceptors (Lipinski definition) is 1. The van der Waals surface area contributed by atoms with Crippen LogP contribution in [-0.4, -0.2) is 4.98 Å². The molecule has 70 valence electrons. The van der Waals surface area contributed by atoms with Gasteiger partial charge in [0.25, 0.3) is 0 Å². The third-order valence-corrected chi connectivity index (χ3v) is 2.22. The largest absolute Gasteiger partial charge is 0.261 e. The Bertz CT molecular complexity index is 300. The summed E-state index contributed by atoms with van der Waals surface area (Å²) in [4.78, 5) is 4.29. The second-order valence-corrected chi connectivity index (χ2v) is 3.20. The standard InChI is InChI=1S/C12H17N/c1-4-7-11(5-2)12-8-6-9-13-10(12)3/h5-6,8-9H,4,7H2,1-3H3. The Kier molecular flexibility index (Phi) is 3.69. The van der Waals surface area contributed by atoms with E-state index in [4.69, 9.17) is 0 Å². The summed E-state index contributed by atoms with van der Waals surface area (Å²) in [6.45, 7) is 6.36. The van der Waals surface area contributed by atoms with Crippen LogP contribution >= 0.6 is 0 Å². The van der Waals surface area contributed by atoms with Crippen molar-refractivity contribution in [1.29, 1.82) is 0 Å². The molecule has 1 heteroatoms. The third kappa shape index (κ3) is 2.41. The van der Waals surface area contributed by atoms with Gasteiger partial charge in [0.2, 0.25) is 0 Å². The van der Waals surface area contributed by atoms with Crippen LogP contribution in [0.25, 0.3) is 5.57 Å². The summed E-state index contributed by atoms with van der Waals surface area (Å²) in [6, 6.07) is 4.15. The van der Waals surface area contributed by atoms with Gasteiger partial charge in [0.15, 0.2) is 0 Å². The zero-order valence-corrected chi connectivity index (χ0v) is 8.67. The van der Waals surface area contributed by atoms with E-state index in [2.05, 4.69) is 37.9 Å². The molecule has 0 aliphatic carbocycles. The SMILES string of the molecule is CC=C(CCC)c1cccnc1C. The quantitative estimate of drug-likeness (QED) is 0.684. The molecule has 0 unspecified atom stereocenters. The van der Waals surface area contributed by atoms with Crippen molar-refractivity contribution in [2.75, 3.05) is 0 Å². The Morgan fingerprint density at radius 2 is 2.31 bits per heavy atom. The van der Waals surface area contributed by atoms with Crippen molar-refractivity contribution < 1.29 is 0 Å². The Morgan fingerprint density at radius 3 is 2.85 bits per heavy atom. The number of allylic oxidation sites excluding steroid dienone is 2. The van der Waals surface area contributed by atoms with Crippen LogP contribution in [0.3, 0.4) is 0 Å². The lowest BCUT2D eigenvalue weighted by Gasteiger charge is -2.07. The molecule has 0 fully saturated rings. The molecule has 0 bridgehead atoms. The van der Waals surface area contributed by atoms with E-state index in [1.165, 1.54) is 17.6 Å².